The largest absolute Gasteiger partial charge is 0.357 e. The van der Waals surface area contributed by atoms with Gasteiger partial charge in [-0.05, 0) is 36.5 Å². The number of hydrogen-bond donors (Lipinski definition) is 1. The molecule has 4 heteroatoms. The van der Waals surface area contributed by atoms with Crippen LogP contribution in [0.15, 0.2) is 59.8 Å². The normalized spacial score (nSPS) is 20.5. The smallest absolute Gasteiger partial charge is 0.227 e. The Morgan fingerprint density at radius 3 is 2.48 bits per heavy atom. The summed E-state index contributed by atoms with van der Waals surface area (Å²) in [4.78, 5) is 28.5. The molecule has 0 bridgehead atoms. The summed E-state index contributed by atoms with van der Waals surface area (Å²) in [6, 6.07) is 15.6. The van der Waals surface area contributed by atoms with Gasteiger partial charge in [-0.2, -0.15) is 0 Å². The van der Waals surface area contributed by atoms with Gasteiger partial charge in [0.15, 0.2) is 5.78 Å². The van der Waals surface area contributed by atoms with Crippen molar-refractivity contribution in [3.8, 4) is 0 Å². The lowest BCUT2D eigenvalue weighted by Gasteiger charge is -2.37. The standard InChI is InChI=1S/C25H28N2O2/c1-5-22(29)27-20-9-7-6-8-18(20)26-19-14-25(3,4)15-21(28)23(19)24(27)17-12-10-16(2)11-13-17/h6-13,24,26H,5,14-15H2,1-4H3/t24-/m1/s1. The predicted octanol–water partition coefficient (Wildman–Crippen LogP) is 5.55. The number of fused-ring (bicyclic) bond motifs is 1. The number of carbonyl (C=O) groups excluding carboxylic acids is 2. The minimum Gasteiger partial charge on any atom is -0.357 e. The number of para-hydroxylation sites is 2. The summed E-state index contributed by atoms with van der Waals surface area (Å²) >= 11 is 0. The minimum atomic E-state index is -0.419. The molecule has 0 aromatic heterocycles. The molecule has 2 aromatic rings. The summed E-state index contributed by atoms with van der Waals surface area (Å²) in [7, 11) is 0. The zero-order valence-electron chi connectivity index (χ0n) is 17.6. The van der Waals surface area contributed by atoms with E-state index in [1.807, 2.05) is 67.3 Å². The molecule has 0 saturated carbocycles. The fourth-order valence-electron chi connectivity index (χ4n) is 4.50. The second kappa shape index (κ2) is 7.18. The minimum absolute atomic E-state index is 0.0104. The van der Waals surface area contributed by atoms with Gasteiger partial charge in [0, 0.05) is 24.1 Å². The van der Waals surface area contributed by atoms with Crippen molar-refractivity contribution in [1.82, 2.24) is 0 Å². The van der Waals surface area contributed by atoms with E-state index < -0.39 is 6.04 Å². The second-order valence-corrected chi connectivity index (χ2v) is 8.91. The first-order valence-electron chi connectivity index (χ1n) is 10.3. The van der Waals surface area contributed by atoms with Gasteiger partial charge in [0.25, 0.3) is 0 Å². The Labute approximate surface area is 172 Å². The number of rotatable bonds is 2. The summed E-state index contributed by atoms with van der Waals surface area (Å²) in [5, 5.41) is 3.53. The van der Waals surface area contributed by atoms with Crippen LogP contribution in [0.25, 0.3) is 0 Å². The summed E-state index contributed by atoms with van der Waals surface area (Å²) in [6.07, 6.45) is 1.64. The average molecular weight is 389 g/mol. The highest BCUT2D eigenvalue weighted by Gasteiger charge is 2.42. The molecule has 150 valence electrons. The number of nitrogens with zero attached hydrogens (tertiary/aromatic N) is 1. The van der Waals surface area contributed by atoms with Gasteiger partial charge in [-0.1, -0.05) is 62.7 Å². The summed E-state index contributed by atoms with van der Waals surface area (Å²) in [5.74, 6) is 0.132. The van der Waals surface area contributed by atoms with Gasteiger partial charge in [0.1, 0.15) is 0 Å². The molecule has 29 heavy (non-hydrogen) atoms. The first-order valence-corrected chi connectivity index (χ1v) is 10.3. The molecule has 0 fully saturated rings. The van der Waals surface area contributed by atoms with E-state index >= 15 is 0 Å². The molecule has 2 aliphatic rings. The molecule has 2 aromatic carbocycles. The van der Waals surface area contributed by atoms with E-state index in [0.29, 0.717) is 12.8 Å². The van der Waals surface area contributed by atoms with Crippen molar-refractivity contribution >= 4 is 23.1 Å². The average Bonchev–Trinajstić information content (AvgIpc) is 2.81. The lowest BCUT2D eigenvalue weighted by Crippen LogP contribution is -2.39. The molecule has 1 aliphatic carbocycles. The topological polar surface area (TPSA) is 49.4 Å². The summed E-state index contributed by atoms with van der Waals surface area (Å²) in [6.45, 7) is 8.17. The fourth-order valence-corrected chi connectivity index (χ4v) is 4.50. The maximum Gasteiger partial charge on any atom is 0.227 e. The molecule has 1 aliphatic heterocycles. The van der Waals surface area contributed by atoms with E-state index in [-0.39, 0.29) is 17.1 Å². The quantitative estimate of drug-likeness (QED) is 0.734. The third-order valence-corrected chi connectivity index (χ3v) is 5.86. The second-order valence-electron chi connectivity index (χ2n) is 8.91. The Morgan fingerprint density at radius 2 is 1.79 bits per heavy atom. The number of Topliss-reactive ketones (excluding diaryl/α,β-unsaturated/α-hetero) is 1. The first kappa shape index (κ1) is 19.4. The molecule has 0 radical (unpaired) electrons. The zero-order valence-corrected chi connectivity index (χ0v) is 17.6. The lowest BCUT2D eigenvalue weighted by atomic mass is 9.73. The van der Waals surface area contributed by atoms with Crippen LogP contribution >= 0.6 is 0 Å². The number of aryl methyl sites for hydroxylation is 1. The van der Waals surface area contributed by atoms with Gasteiger partial charge < -0.3 is 5.32 Å². The van der Waals surface area contributed by atoms with Crippen molar-refractivity contribution in [1.29, 1.82) is 0 Å². The van der Waals surface area contributed by atoms with Crippen molar-refractivity contribution in [3.63, 3.8) is 0 Å². The van der Waals surface area contributed by atoms with Gasteiger partial charge in [0.05, 0.1) is 17.4 Å². The summed E-state index contributed by atoms with van der Waals surface area (Å²) < 4.78 is 0. The summed E-state index contributed by atoms with van der Waals surface area (Å²) in [5.41, 5.74) is 5.38. The number of benzene rings is 2. The molecule has 1 N–H and O–H groups in total. The molecule has 0 unspecified atom stereocenters. The Kier molecular flexibility index (Phi) is 4.81. The number of hydrogen-bond acceptors (Lipinski definition) is 3. The van der Waals surface area contributed by atoms with E-state index in [0.717, 1.165) is 40.2 Å². The van der Waals surface area contributed by atoms with Crippen LogP contribution in [0.1, 0.15) is 57.2 Å². The van der Waals surface area contributed by atoms with E-state index in [2.05, 4.69) is 19.2 Å². The number of nitrogens with one attached hydrogen (secondary N) is 1. The van der Waals surface area contributed by atoms with Crippen LogP contribution in [0.4, 0.5) is 11.4 Å². The van der Waals surface area contributed by atoms with Gasteiger partial charge in [0.2, 0.25) is 5.91 Å². The third kappa shape index (κ3) is 3.48. The highest BCUT2D eigenvalue weighted by atomic mass is 16.2. The first-order chi connectivity index (χ1) is 13.8. The molecule has 1 heterocycles. The number of amides is 1. The Bertz CT molecular complexity index is 1000. The Hall–Kier alpha value is -2.88. The lowest BCUT2D eigenvalue weighted by molar-refractivity contribution is -0.119. The van der Waals surface area contributed by atoms with Gasteiger partial charge in [-0.15, -0.1) is 0 Å². The third-order valence-electron chi connectivity index (χ3n) is 5.86. The van der Waals surface area contributed by atoms with Crippen LogP contribution in [-0.2, 0) is 9.59 Å². The van der Waals surface area contributed by atoms with Gasteiger partial charge >= 0.3 is 0 Å². The highest BCUT2D eigenvalue weighted by molar-refractivity contribution is 6.06. The SMILES string of the molecule is CCC(=O)N1c2ccccc2NC2=C(C(=O)CC(C)(C)C2)[C@H]1c1ccc(C)cc1. The molecule has 4 nitrogen and oxygen atoms in total. The number of allylic oxidation sites excluding steroid dienone is 1. The molecule has 0 spiro atoms. The Morgan fingerprint density at radius 1 is 1.10 bits per heavy atom. The molecule has 0 saturated heterocycles. The Balaban J connectivity index is 2.00. The molecule has 1 amide bonds. The van der Waals surface area contributed by atoms with Crippen molar-refractivity contribution in [2.45, 2.75) is 53.0 Å². The van der Waals surface area contributed by atoms with Crippen molar-refractivity contribution in [2.24, 2.45) is 5.41 Å². The maximum atomic E-state index is 13.4. The number of anilines is 2. The van der Waals surface area contributed by atoms with Crippen LogP contribution in [0.5, 0.6) is 0 Å². The number of ketones is 1. The maximum absolute atomic E-state index is 13.4. The molecule has 1 atom stereocenters. The van der Waals surface area contributed by atoms with Crippen LogP contribution in [-0.4, -0.2) is 11.7 Å². The van der Waals surface area contributed by atoms with Crippen molar-refractivity contribution in [3.05, 3.63) is 70.9 Å². The number of carbonyl (C=O) groups is 2. The van der Waals surface area contributed by atoms with Crippen LogP contribution in [0, 0.1) is 12.3 Å². The zero-order chi connectivity index (χ0) is 20.8. The van der Waals surface area contributed by atoms with Gasteiger partial charge in [-0.3, -0.25) is 14.5 Å². The molecular formula is C25H28N2O2. The monoisotopic (exact) mass is 388 g/mol. The molecular weight excluding hydrogens is 360 g/mol. The highest BCUT2D eigenvalue weighted by Crippen LogP contribution is 2.48. The van der Waals surface area contributed by atoms with Crippen LogP contribution < -0.4 is 10.2 Å². The van der Waals surface area contributed by atoms with Crippen molar-refractivity contribution < 1.29 is 9.59 Å². The molecule has 4 rings (SSSR count). The van der Waals surface area contributed by atoms with Crippen molar-refractivity contribution in [2.75, 3.05) is 10.2 Å². The van der Waals surface area contributed by atoms with Crippen LogP contribution in [0.2, 0.25) is 0 Å². The van der Waals surface area contributed by atoms with E-state index in [1.54, 1.807) is 0 Å². The van der Waals surface area contributed by atoms with E-state index in [1.165, 1.54) is 0 Å². The fraction of sp³-hybridized carbons (Fsp3) is 0.360. The van der Waals surface area contributed by atoms with Crippen LogP contribution in [0.3, 0.4) is 0 Å². The van der Waals surface area contributed by atoms with Gasteiger partial charge in [-0.25, -0.2) is 0 Å². The predicted molar refractivity (Wildman–Crippen MR) is 117 cm³/mol. The van der Waals surface area contributed by atoms with E-state index in [4.69, 9.17) is 0 Å². The van der Waals surface area contributed by atoms with E-state index in [9.17, 15) is 9.59 Å².